The fourth-order valence-electron chi connectivity index (χ4n) is 5.97. The zero-order valence-electron chi connectivity index (χ0n) is 30.2. The molecule has 8 aromatic rings. The average molecular weight is 850 g/mol. The number of aromatic nitrogens is 4. The molecule has 4 heterocycles. The zero-order valence-corrected chi connectivity index (χ0v) is 32.6. The molecule has 8 rings (SSSR count). The molecule has 253 valence electrons. The Bertz CT molecular complexity index is 2370. The first-order valence-corrected chi connectivity index (χ1v) is 20.1. The van der Waals surface area contributed by atoms with E-state index in [2.05, 4.69) is 94.8 Å². The minimum absolute atomic E-state index is 0. The summed E-state index contributed by atoms with van der Waals surface area (Å²) in [5, 5.41) is 3.41. The van der Waals surface area contributed by atoms with E-state index in [1.165, 1.54) is 10.8 Å². The Morgan fingerprint density at radius 1 is 0.840 bits per heavy atom. The van der Waals surface area contributed by atoms with Gasteiger partial charge in [-0.15, -0.1) is 53.6 Å². The number of hydrogen-bond acceptors (Lipinski definition) is 4. The van der Waals surface area contributed by atoms with Gasteiger partial charge in [0.05, 0.1) is 30.5 Å². The Hall–Kier alpha value is -4.68. The minimum atomic E-state index is -1.29. The van der Waals surface area contributed by atoms with Gasteiger partial charge in [-0.2, -0.15) is 0 Å². The molecular weight excluding hydrogens is 809 g/mol. The Labute approximate surface area is 310 Å². The molecule has 4 aromatic heterocycles. The van der Waals surface area contributed by atoms with Crippen molar-refractivity contribution < 1.29 is 25.9 Å². The largest absolute Gasteiger partial charge is 0.486 e. The maximum Gasteiger partial charge on any atom is 0.216 e. The molecule has 7 heteroatoms. The third-order valence-electron chi connectivity index (χ3n) is 8.79. The number of benzene rings is 4. The van der Waals surface area contributed by atoms with Crippen molar-refractivity contribution in [3.05, 3.63) is 144 Å². The van der Waals surface area contributed by atoms with Crippen molar-refractivity contribution in [2.45, 2.75) is 52.9 Å². The second kappa shape index (κ2) is 14.7. The summed E-state index contributed by atoms with van der Waals surface area (Å²) >= 11 is 0. The van der Waals surface area contributed by atoms with Gasteiger partial charge in [-0.05, 0) is 47.6 Å². The van der Waals surface area contributed by atoms with Gasteiger partial charge in [0.25, 0.3) is 0 Å². The average Bonchev–Trinajstić information content (AvgIpc) is 3.66. The van der Waals surface area contributed by atoms with E-state index in [0.29, 0.717) is 5.71 Å². The van der Waals surface area contributed by atoms with Crippen molar-refractivity contribution in [2.24, 2.45) is 0 Å². The molecule has 0 saturated heterocycles. The number of fused-ring (bicyclic) bond motifs is 4. The first kappa shape index (κ1) is 33.8. The molecule has 0 aliphatic heterocycles. The molecule has 0 aliphatic rings. The van der Waals surface area contributed by atoms with Crippen LogP contribution >= 0.6 is 0 Å². The summed E-state index contributed by atoms with van der Waals surface area (Å²) in [4.78, 5) is 14.1. The monoisotopic (exact) mass is 850 g/mol. The molecule has 0 atom stereocenters. The molecule has 1 radical (unpaired) electrons. The van der Waals surface area contributed by atoms with Crippen molar-refractivity contribution in [2.75, 3.05) is 0 Å². The summed E-state index contributed by atoms with van der Waals surface area (Å²) in [5.74, 6) is 0.269. The summed E-state index contributed by atoms with van der Waals surface area (Å²) < 4.78 is 16.5. The van der Waals surface area contributed by atoms with E-state index in [0.717, 1.165) is 67.8 Å². The van der Waals surface area contributed by atoms with Crippen LogP contribution in [0.1, 0.15) is 37.9 Å². The first-order valence-electron chi connectivity index (χ1n) is 17.1. The van der Waals surface area contributed by atoms with Crippen LogP contribution in [0.2, 0.25) is 19.6 Å². The Morgan fingerprint density at radius 2 is 1.62 bits per heavy atom. The molecule has 4 aromatic carbocycles. The summed E-state index contributed by atoms with van der Waals surface area (Å²) in [6.07, 6.45) is 2.00. The molecule has 5 nitrogen and oxygen atoms in total. The standard InChI is InChI=1S/C26H18N3O.C17H22NSi.Ir/c1-17-14-15-20-19-10-7-11-21(24(19)30-26(20)27-17)25-28-22-12-5-6-13-23(22)29(25)16-18-8-3-2-4-9-18;1-13(2)14-6-8-15(9-7-14)17-11-10-16(12-18-17)19(3,4)5;/h2-10,12-15H,16H2,1H3;6-8,10-13H,1-5H3;/q2*-1;/i;13D;. The third-order valence-corrected chi connectivity index (χ3v) is 10.8. The molecule has 0 amide bonds. The number of rotatable bonds is 6. The van der Waals surface area contributed by atoms with Crippen LogP contribution in [0.3, 0.4) is 0 Å². The zero-order chi connectivity index (χ0) is 35.0. The van der Waals surface area contributed by atoms with Crippen LogP contribution in [0.5, 0.6) is 0 Å². The van der Waals surface area contributed by atoms with E-state index < -0.39 is 14.0 Å². The van der Waals surface area contributed by atoms with Gasteiger partial charge in [-0.25, -0.2) is 4.98 Å². The first-order chi connectivity index (χ1) is 24.0. The maximum atomic E-state index is 8.01. The van der Waals surface area contributed by atoms with Crippen molar-refractivity contribution in [1.82, 2.24) is 19.5 Å². The van der Waals surface area contributed by atoms with Crippen molar-refractivity contribution in [1.29, 1.82) is 0 Å². The van der Waals surface area contributed by atoms with Gasteiger partial charge in [0, 0.05) is 45.3 Å². The Morgan fingerprint density at radius 3 is 2.32 bits per heavy atom. The SMILES string of the molecule is Cc1ccc2c(n1)oc1c(-c3nc4ccccc4n3Cc3ccccc3)[c-]ccc12.[2H]C(C)(C)c1c[c-]c(-c2ccc([Si](C)(C)C)cn2)cc1.[Ir]. The molecule has 0 fully saturated rings. The number of imidazole rings is 1. The smallest absolute Gasteiger partial charge is 0.216 e. The van der Waals surface area contributed by atoms with Crippen LogP contribution in [0.15, 0.2) is 120 Å². The predicted molar refractivity (Wildman–Crippen MR) is 205 cm³/mol. The van der Waals surface area contributed by atoms with Gasteiger partial charge in [0.1, 0.15) is 0 Å². The number of hydrogen-bond donors (Lipinski definition) is 0. The molecule has 0 bridgehead atoms. The van der Waals surface area contributed by atoms with Gasteiger partial charge >= 0.3 is 0 Å². The van der Waals surface area contributed by atoms with Crippen LogP contribution in [-0.4, -0.2) is 27.6 Å². The van der Waals surface area contributed by atoms with Gasteiger partial charge in [-0.3, -0.25) is 4.98 Å². The molecule has 0 unspecified atom stereocenters. The van der Waals surface area contributed by atoms with Crippen LogP contribution in [0.25, 0.3) is 55.7 Å². The molecule has 0 spiro atoms. The number of nitrogens with zero attached hydrogens (tertiary/aromatic N) is 4. The molecule has 0 saturated carbocycles. The van der Waals surface area contributed by atoms with Crippen LogP contribution < -0.4 is 5.19 Å². The van der Waals surface area contributed by atoms with Gasteiger partial charge in [-0.1, -0.05) is 105 Å². The number of para-hydroxylation sites is 2. The third kappa shape index (κ3) is 7.27. The summed E-state index contributed by atoms with van der Waals surface area (Å²) in [5.41, 5.74) is 9.38. The second-order valence-corrected chi connectivity index (χ2v) is 18.7. The summed E-state index contributed by atoms with van der Waals surface area (Å²) in [6, 6.07) is 43.5. The van der Waals surface area contributed by atoms with E-state index in [4.69, 9.17) is 10.8 Å². The molecule has 0 N–H and O–H groups in total. The van der Waals surface area contributed by atoms with Gasteiger partial charge < -0.3 is 14.0 Å². The Balaban J connectivity index is 0.000000188. The number of furan rings is 1. The fourth-order valence-corrected chi connectivity index (χ4v) is 7.00. The van der Waals surface area contributed by atoms with E-state index in [-0.39, 0.29) is 20.1 Å². The van der Waals surface area contributed by atoms with E-state index in [1.54, 1.807) is 0 Å². The molecule has 50 heavy (non-hydrogen) atoms. The second-order valence-electron chi connectivity index (χ2n) is 13.7. The quantitative estimate of drug-likeness (QED) is 0.124. The maximum absolute atomic E-state index is 8.01. The number of pyridine rings is 2. The van der Waals surface area contributed by atoms with Gasteiger partial charge in [0.15, 0.2) is 0 Å². The van der Waals surface area contributed by atoms with E-state index in [9.17, 15) is 0 Å². The topological polar surface area (TPSA) is 56.7 Å². The van der Waals surface area contributed by atoms with Gasteiger partial charge in [0.2, 0.25) is 5.71 Å². The van der Waals surface area contributed by atoms with Crippen molar-refractivity contribution in [3.8, 4) is 22.6 Å². The van der Waals surface area contributed by atoms with E-state index >= 15 is 0 Å². The van der Waals surface area contributed by atoms with Crippen LogP contribution in [0.4, 0.5) is 0 Å². The molecule has 0 aliphatic carbocycles. The van der Waals surface area contributed by atoms with E-state index in [1.807, 2.05) is 87.6 Å². The van der Waals surface area contributed by atoms with Crippen LogP contribution in [0, 0.1) is 19.1 Å². The fraction of sp³-hybridized carbons (Fsp3) is 0.186. The number of aryl methyl sites for hydroxylation is 1. The normalized spacial score (nSPS) is 12.0. The minimum Gasteiger partial charge on any atom is -0.486 e. The van der Waals surface area contributed by atoms with Crippen LogP contribution in [-0.2, 0) is 26.7 Å². The van der Waals surface area contributed by atoms with Crippen molar-refractivity contribution >= 4 is 46.4 Å². The summed E-state index contributed by atoms with van der Waals surface area (Å²) in [7, 11) is -1.29. The summed E-state index contributed by atoms with van der Waals surface area (Å²) in [6.45, 7) is 13.4. The predicted octanol–water partition coefficient (Wildman–Crippen LogP) is 10.4. The van der Waals surface area contributed by atoms with Crippen molar-refractivity contribution in [3.63, 3.8) is 0 Å². The molecular formula is C43H40IrN4OSi-2. The Kier molecular flexibility index (Phi) is 9.91.